The van der Waals surface area contributed by atoms with Gasteiger partial charge in [0.15, 0.2) is 5.54 Å². The molecule has 0 bridgehead atoms. The molecule has 0 saturated carbocycles. The SMILES string of the molecule is CC1(c2cccs2)NC(=O)N(Cc2cccc(C(F)(F)F)c2)C1=O. The number of nitrogens with zero attached hydrogens (tertiary/aromatic N) is 1. The topological polar surface area (TPSA) is 49.4 Å². The summed E-state index contributed by atoms with van der Waals surface area (Å²) in [6.45, 7) is 1.38. The Morgan fingerprint density at radius 1 is 1.21 bits per heavy atom. The number of amides is 3. The molecule has 1 saturated heterocycles. The van der Waals surface area contributed by atoms with Gasteiger partial charge >= 0.3 is 12.2 Å². The number of hydrogen-bond donors (Lipinski definition) is 1. The number of thiophene rings is 1. The molecule has 2 aromatic rings. The average Bonchev–Trinajstić information content (AvgIpc) is 3.12. The normalized spacial score (nSPS) is 21.2. The number of halogens is 3. The van der Waals surface area contributed by atoms with Gasteiger partial charge in [0.2, 0.25) is 0 Å². The third-order valence-corrected chi connectivity index (χ3v) is 4.98. The summed E-state index contributed by atoms with van der Waals surface area (Å²) in [5.41, 5.74) is -1.76. The van der Waals surface area contributed by atoms with Crippen LogP contribution in [0, 0.1) is 0 Å². The Bertz CT molecular complexity index is 789. The predicted molar refractivity (Wildman–Crippen MR) is 82.2 cm³/mol. The van der Waals surface area contributed by atoms with Gasteiger partial charge in [-0.2, -0.15) is 13.2 Å². The summed E-state index contributed by atoms with van der Waals surface area (Å²) in [6, 6.07) is 7.49. The van der Waals surface area contributed by atoms with Gasteiger partial charge in [-0.25, -0.2) is 4.79 Å². The van der Waals surface area contributed by atoms with E-state index in [0.717, 1.165) is 17.0 Å². The lowest BCUT2D eigenvalue weighted by molar-refractivity contribution is -0.137. The molecule has 1 aliphatic rings. The minimum absolute atomic E-state index is 0.213. The Balaban J connectivity index is 1.86. The fourth-order valence-corrected chi connectivity index (χ4v) is 3.43. The summed E-state index contributed by atoms with van der Waals surface area (Å²) < 4.78 is 38.4. The van der Waals surface area contributed by atoms with Gasteiger partial charge < -0.3 is 5.32 Å². The monoisotopic (exact) mass is 354 g/mol. The van der Waals surface area contributed by atoms with Gasteiger partial charge in [0, 0.05) is 4.88 Å². The maximum absolute atomic E-state index is 12.8. The van der Waals surface area contributed by atoms with E-state index in [4.69, 9.17) is 0 Å². The van der Waals surface area contributed by atoms with Crippen molar-refractivity contribution in [1.29, 1.82) is 0 Å². The van der Waals surface area contributed by atoms with Crippen LogP contribution < -0.4 is 5.32 Å². The zero-order chi connectivity index (χ0) is 17.5. The van der Waals surface area contributed by atoms with Crippen molar-refractivity contribution in [2.45, 2.75) is 25.2 Å². The third kappa shape index (κ3) is 2.77. The molecule has 24 heavy (non-hydrogen) atoms. The number of urea groups is 1. The number of imide groups is 1. The Hall–Kier alpha value is -2.35. The second-order valence-electron chi connectivity index (χ2n) is 5.62. The van der Waals surface area contributed by atoms with Crippen molar-refractivity contribution in [3.8, 4) is 0 Å². The van der Waals surface area contributed by atoms with E-state index >= 15 is 0 Å². The van der Waals surface area contributed by atoms with Crippen LogP contribution in [0.1, 0.15) is 22.9 Å². The summed E-state index contributed by atoms with van der Waals surface area (Å²) in [4.78, 5) is 26.4. The van der Waals surface area contributed by atoms with Crippen molar-refractivity contribution in [1.82, 2.24) is 10.2 Å². The Kier molecular flexibility index (Phi) is 3.87. The maximum Gasteiger partial charge on any atom is 0.416 e. The molecule has 1 N–H and O–H groups in total. The average molecular weight is 354 g/mol. The van der Waals surface area contributed by atoms with Crippen LogP contribution in [-0.2, 0) is 23.1 Å². The van der Waals surface area contributed by atoms with Gasteiger partial charge in [-0.15, -0.1) is 11.3 Å². The number of carbonyl (C=O) groups is 2. The fourth-order valence-electron chi connectivity index (χ4n) is 2.60. The number of benzene rings is 1. The minimum atomic E-state index is -4.47. The first kappa shape index (κ1) is 16.5. The van der Waals surface area contributed by atoms with Crippen LogP contribution in [0.4, 0.5) is 18.0 Å². The summed E-state index contributed by atoms with van der Waals surface area (Å²) in [6.07, 6.45) is -4.47. The molecule has 1 fully saturated rings. The molecule has 0 aliphatic carbocycles. The molecule has 1 unspecified atom stereocenters. The van der Waals surface area contributed by atoms with E-state index in [-0.39, 0.29) is 12.1 Å². The molecule has 0 radical (unpaired) electrons. The van der Waals surface area contributed by atoms with Gasteiger partial charge in [-0.1, -0.05) is 18.2 Å². The fraction of sp³-hybridized carbons (Fsp3) is 0.250. The largest absolute Gasteiger partial charge is 0.416 e. The van der Waals surface area contributed by atoms with E-state index in [9.17, 15) is 22.8 Å². The standard InChI is InChI=1S/C16H13F3N2O2S/c1-15(12-6-3-7-24-12)13(22)21(14(23)20-15)9-10-4-2-5-11(8-10)16(17,18)19/h2-8H,9H2,1H3,(H,20,23). The molecule has 1 atom stereocenters. The van der Waals surface area contributed by atoms with Gasteiger partial charge in [0.25, 0.3) is 5.91 Å². The Morgan fingerprint density at radius 2 is 1.96 bits per heavy atom. The van der Waals surface area contributed by atoms with Crippen LogP contribution in [0.5, 0.6) is 0 Å². The molecule has 126 valence electrons. The second-order valence-corrected chi connectivity index (χ2v) is 6.57. The van der Waals surface area contributed by atoms with Gasteiger partial charge in [-0.05, 0) is 36.1 Å². The number of alkyl halides is 3. The van der Waals surface area contributed by atoms with E-state index in [1.165, 1.54) is 23.5 Å². The highest BCUT2D eigenvalue weighted by Gasteiger charge is 2.49. The Labute approximate surface area is 139 Å². The zero-order valence-corrected chi connectivity index (χ0v) is 13.4. The molecule has 1 aromatic carbocycles. The van der Waals surface area contributed by atoms with Crippen molar-refractivity contribution in [2.75, 3.05) is 0 Å². The zero-order valence-electron chi connectivity index (χ0n) is 12.6. The molecule has 3 rings (SSSR count). The van der Waals surface area contributed by atoms with Gasteiger partial charge in [0.05, 0.1) is 12.1 Å². The number of nitrogens with one attached hydrogen (secondary N) is 1. The number of rotatable bonds is 3. The molecular formula is C16H13F3N2O2S. The highest BCUT2D eigenvalue weighted by Crippen LogP contribution is 2.33. The van der Waals surface area contributed by atoms with E-state index in [0.29, 0.717) is 4.88 Å². The lowest BCUT2D eigenvalue weighted by atomic mass is 10.0. The van der Waals surface area contributed by atoms with E-state index in [1.807, 2.05) is 0 Å². The first-order valence-electron chi connectivity index (χ1n) is 7.06. The van der Waals surface area contributed by atoms with Crippen molar-refractivity contribution >= 4 is 23.3 Å². The second kappa shape index (κ2) is 5.62. The van der Waals surface area contributed by atoms with E-state index < -0.39 is 29.2 Å². The summed E-state index contributed by atoms with van der Waals surface area (Å²) in [5.74, 6) is -0.479. The van der Waals surface area contributed by atoms with Crippen molar-refractivity contribution < 1.29 is 22.8 Å². The summed E-state index contributed by atoms with van der Waals surface area (Å²) in [5, 5.41) is 4.41. The van der Waals surface area contributed by atoms with E-state index in [2.05, 4.69) is 5.32 Å². The molecule has 3 amide bonds. The number of carbonyl (C=O) groups excluding carboxylic acids is 2. The predicted octanol–water partition coefficient (Wildman–Crippen LogP) is 3.73. The molecular weight excluding hydrogens is 341 g/mol. The number of hydrogen-bond acceptors (Lipinski definition) is 3. The molecule has 4 nitrogen and oxygen atoms in total. The maximum atomic E-state index is 12.8. The van der Waals surface area contributed by atoms with Gasteiger partial charge in [-0.3, -0.25) is 9.69 Å². The van der Waals surface area contributed by atoms with Crippen LogP contribution >= 0.6 is 11.3 Å². The first-order chi connectivity index (χ1) is 11.2. The van der Waals surface area contributed by atoms with Gasteiger partial charge in [0.1, 0.15) is 0 Å². The van der Waals surface area contributed by atoms with Crippen LogP contribution in [0.2, 0.25) is 0 Å². The van der Waals surface area contributed by atoms with Crippen molar-refractivity contribution in [3.05, 3.63) is 57.8 Å². The molecule has 1 aromatic heterocycles. The quantitative estimate of drug-likeness (QED) is 0.854. The smallest absolute Gasteiger partial charge is 0.319 e. The third-order valence-electron chi connectivity index (χ3n) is 3.88. The molecule has 2 heterocycles. The minimum Gasteiger partial charge on any atom is -0.319 e. The summed E-state index contributed by atoms with van der Waals surface area (Å²) >= 11 is 1.33. The lowest BCUT2D eigenvalue weighted by Gasteiger charge is -2.20. The molecule has 1 aliphatic heterocycles. The summed E-state index contributed by atoms with van der Waals surface area (Å²) in [7, 11) is 0. The Morgan fingerprint density at radius 3 is 2.58 bits per heavy atom. The van der Waals surface area contributed by atoms with Crippen molar-refractivity contribution in [3.63, 3.8) is 0 Å². The van der Waals surface area contributed by atoms with Crippen LogP contribution in [-0.4, -0.2) is 16.8 Å². The highest BCUT2D eigenvalue weighted by molar-refractivity contribution is 7.10. The van der Waals surface area contributed by atoms with Crippen LogP contribution in [0.3, 0.4) is 0 Å². The van der Waals surface area contributed by atoms with E-state index in [1.54, 1.807) is 24.4 Å². The van der Waals surface area contributed by atoms with Crippen molar-refractivity contribution in [2.24, 2.45) is 0 Å². The first-order valence-corrected chi connectivity index (χ1v) is 7.94. The highest BCUT2D eigenvalue weighted by atomic mass is 32.1. The lowest BCUT2D eigenvalue weighted by Crippen LogP contribution is -2.40. The van der Waals surface area contributed by atoms with Crippen LogP contribution in [0.15, 0.2) is 41.8 Å². The molecule has 8 heteroatoms. The molecule has 0 spiro atoms. The van der Waals surface area contributed by atoms with Crippen LogP contribution in [0.25, 0.3) is 0 Å².